The summed E-state index contributed by atoms with van der Waals surface area (Å²) in [5.74, 6) is 0. The molecule has 0 radical (unpaired) electrons. The van der Waals surface area contributed by atoms with Crippen molar-refractivity contribution >= 4 is 92.3 Å². The molecule has 0 unspecified atom stereocenters. The molecule has 0 aliphatic rings. The standard InChI is InChI=1S/C60H38N2OS/c1-3-13-40(14-4-1)47-19-11-21-51-54-37-42(29-36-57(54)63-59(47)51)39-25-30-44(31-26-39)61(45-32-27-41(28-33-45)48-20-12-22-52-50-18-8-10-24-58(50)64-60(48)52)46-34-35-56-53(38-46)49-17-7-9-23-55(49)62(56)43-15-5-2-6-16-43/h1-38H. The zero-order valence-electron chi connectivity index (χ0n) is 34.7. The monoisotopic (exact) mass is 834 g/mol. The van der Waals surface area contributed by atoms with Gasteiger partial charge in [0.1, 0.15) is 11.2 Å². The predicted molar refractivity (Wildman–Crippen MR) is 272 cm³/mol. The Labute approximate surface area is 373 Å². The third kappa shape index (κ3) is 5.88. The molecule has 0 bridgehead atoms. The molecule has 0 atom stereocenters. The topological polar surface area (TPSA) is 21.3 Å². The second-order valence-corrected chi connectivity index (χ2v) is 17.5. The van der Waals surface area contributed by atoms with Crippen molar-refractivity contribution in [2.24, 2.45) is 0 Å². The van der Waals surface area contributed by atoms with Gasteiger partial charge >= 0.3 is 0 Å². The summed E-state index contributed by atoms with van der Waals surface area (Å²) in [6.45, 7) is 0. The molecule has 13 rings (SSSR count). The van der Waals surface area contributed by atoms with Crippen molar-refractivity contribution in [2.75, 3.05) is 4.90 Å². The van der Waals surface area contributed by atoms with Gasteiger partial charge in [-0.15, -0.1) is 11.3 Å². The summed E-state index contributed by atoms with van der Waals surface area (Å²) >= 11 is 1.87. The number of para-hydroxylation sites is 3. The van der Waals surface area contributed by atoms with E-state index in [2.05, 4.69) is 234 Å². The number of rotatable bonds is 7. The zero-order valence-corrected chi connectivity index (χ0v) is 35.5. The summed E-state index contributed by atoms with van der Waals surface area (Å²) in [7, 11) is 0. The normalized spacial score (nSPS) is 11.8. The molecule has 0 fully saturated rings. The third-order valence-corrected chi connectivity index (χ3v) is 14.0. The van der Waals surface area contributed by atoms with E-state index in [1.165, 1.54) is 53.1 Å². The molecule has 13 aromatic rings. The number of hydrogen-bond acceptors (Lipinski definition) is 3. The van der Waals surface area contributed by atoms with Gasteiger partial charge in [0.25, 0.3) is 0 Å². The molecule has 0 amide bonds. The van der Waals surface area contributed by atoms with Crippen molar-refractivity contribution in [3.05, 3.63) is 231 Å². The lowest BCUT2D eigenvalue weighted by molar-refractivity contribution is 0.670. The molecule has 3 nitrogen and oxygen atoms in total. The highest BCUT2D eigenvalue weighted by molar-refractivity contribution is 7.26. The summed E-state index contributed by atoms with van der Waals surface area (Å²) in [4.78, 5) is 2.39. The molecular formula is C60H38N2OS. The van der Waals surface area contributed by atoms with E-state index in [1.807, 2.05) is 17.4 Å². The van der Waals surface area contributed by atoms with Gasteiger partial charge in [-0.3, -0.25) is 0 Å². The van der Waals surface area contributed by atoms with Crippen LogP contribution in [0.5, 0.6) is 0 Å². The quantitative estimate of drug-likeness (QED) is 0.159. The number of anilines is 3. The second kappa shape index (κ2) is 14.7. The van der Waals surface area contributed by atoms with E-state index in [1.54, 1.807) is 0 Å². The molecule has 0 aliphatic heterocycles. The van der Waals surface area contributed by atoms with Crippen molar-refractivity contribution in [1.82, 2.24) is 4.57 Å². The largest absolute Gasteiger partial charge is 0.455 e. The van der Waals surface area contributed by atoms with Crippen LogP contribution in [-0.4, -0.2) is 4.57 Å². The van der Waals surface area contributed by atoms with Crippen LogP contribution in [0.4, 0.5) is 17.1 Å². The number of fused-ring (bicyclic) bond motifs is 9. The Bertz CT molecular complexity index is 3880. The highest BCUT2D eigenvalue weighted by Crippen LogP contribution is 2.44. The van der Waals surface area contributed by atoms with Crippen LogP contribution in [0.1, 0.15) is 0 Å². The highest BCUT2D eigenvalue weighted by Gasteiger charge is 2.19. The molecule has 10 aromatic carbocycles. The molecule has 300 valence electrons. The van der Waals surface area contributed by atoms with Gasteiger partial charge in [-0.2, -0.15) is 0 Å². The van der Waals surface area contributed by atoms with Gasteiger partial charge in [0.15, 0.2) is 0 Å². The first-order valence-electron chi connectivity index (χ1n) is 21.7. The fourth-order valence-corrected chi connectivity index (χ4v) is 11.0. The number of hydrogen-bond donors (Lipinski definition) is 0. The Hall–Kier alpha value is -8.18. The fourth-order valence-electron chi connectivity index (χ4n) is 9.79. The van der Waals surface area contributed by atoms with E-state index < -0.39 is 0 Å². The average molecular weight is 835 g/mol. The number of aromatic nitrogens is 1. The van der Waals surface area contributed by atoms with Gasteiger partial charge in [-0.05, 0) is 107 Å². The molecule has 3 aromatic heterocycles. The number of thiophene rings is 1. The first kappa shape index (κ1) is 36.5. The lowest BCUT2D eigenvalue weighted by Gasteiger charge is -2.26. The maximum atomic E-state index is 6.53. The molecule has 0 saturated heterocycles. The fraction of sp³-hybridized carbons (Fsp3) is 0. The lowest BCUT2D eigenvalue weighted by atomic mass is 10.00. The Balaban J connectivity index is 0.931. The van der Waals surface area contributed by atoms with Gasteiger partial charge in [-0.1, -0.05) is 152 Å². The Kier molecular flexibility index (Phi) is 8.40. The number of furan rings is 1. The van der Waals surface area contributed by atoms with Crippen molar-refractivity contribution in [2.45, 2.75) is 0 Å². The van der Waals surface area contributed by atoms with Gasteiger partial charge in [-0.25, -0.2) is 0 Å². The summed E-state index contributed by atoms with van der Waals surface area (Å²) < 4.78 is 11.5. The van der Waals surface area contributed by atoms with Crippen LogP contribution >= 0.6 is 11.3 Å². The maximum absolute atomic E-state index is 6.53. The van der Waals surface area contributed by atoms with E-state index in [9.17, 15) is 0 Å². The smallest absolute Gasteiger partial charge is 0.143 e. The summed E-state index contributed by atoms with van der Waals surface area (Å²) in [6.07, 6.45) is 0. The highest BCUT2D eigenvalue weighted by atomic mass is 32.1. The molecule has 0 saturated carbocycles. The molecule has 64 heavy (non-hydrogen) atoms. The first-order valence-corrected chi connectivity index (χ1v) is 22.6. The lowest BCUT2D eigenvalue weighted by Crippen LogP contribution is -2.10. The number of nitrogens with zero attached hydrogens (tertiary/aromatic N) is 2. The Morgan fingerprint density at radius 3 is 1.75 bits per heavy atom. The Morgan fingerprint density at radius 1 is 0.359 bits per heavy atom. The van der Waals surface area contributed by atoms with Gasteiger partial charge in [0, 0.05) is 70.0 Å². The van der Waals surface area contributed by atoms with Crippen LogP contribution in [0.2, 0.25) is 0 Å². The van der Waals surface area contributed by atoms with Crippen molar-refractivity contribution in [3.8, 4) is 39.1 Å². The zero-order chi connectivity index (χ0) is 42.1. The van der Waals surface area contributed by atoms with Crippen molar-refractivity contribution < 1.29 is 4.42 Å². The minimum absolute atomic E-state index is 0.890. The summed E-state index contributed by atoms with van der Waals surface area (Å²) in [6, 6.07) is 83.3. The van der Waals surface area contributed by atoms with Crippen LogP contribution < -0.4 is 4.90 Å². The first-order chi connectivity index (χ1) is 31.7. The summed E-state index contributed by atoms with van der Waals surface area (Å²) in [5.41, 5.74) is 15.6. The molecule has 4 heteroatoms. The van der Waals surface area contributed by atoms with Gasteiger partial charge < -0.3 is 13.9 Å². The molecule has 0 N–H and O–H groups in total. The van der Waals surface area contributed by atoms with Crippen LogP contribution in [0.25, 0.3) is 103 Å². The third-order valence-electron chi connectivity index (χ3n) is 12.8. The van der Waals surface area contributed by atoms with Crippen LogP contribution in [0, 0.1) is 0 Å². The van der Waals surface area contributed by atoms with E-state index in [-0.39, 0.29) is 0 Å². The van der Waals surface area contributed by atoms with E-state index >= 15 is 0 Å². The van der Waals surface area contributed by atoms with Crippen molar-refractivity contribution in [3.63, 3.8) is 0 Å². The second-order valence-electron chi connectivity index (χ2n) is 16.5. The van der Waals surface area contributed by atoms with E-state index in [0.29, 0.717) is 0 Å². The number of benzene rings is 10. The van der Waals surface area contributed by atoms with Crippen LogP contribution in [0.3, 0.4) is 0 Å². The Morgan fingerprint density at radius 2 is 0.953 bits per heavy atom. The van der Waals surface area contributed by atoms with Crippen LogP contribution in [0.15, 0.2) is 235 Å². The minimum Gasteiger partial charge on any atom is -0.455 e. The summed E-state index contributed by atoms with van der Waals surface area (Å²) in [5, 5.41) is 7.30. The average Bonchev–Trinajstić information content (AvgIpc) is 4.04. The molecule has 0 aliphatic carbocycles. The molecule has 0 spiro atoms. The minimum atomic E-state index is 0.890. The predicted octanol–water partition coefficient (Wildman–Crippen LogP) is 17.5. The van der Waals surface area contributed by atoms with Gasteiger partial charge in [0.05, 0.1) is 11.0 Å². The van der Waals surface area contributed by atoms with E-state index in [0.717, 1.165) is 66.9 Å². The van der Waals surface area contributed by atoms with Gasteiger partial charge in [0.2, 0.25) is 0 Å². The van der Waals surface area contributed by atoms with Crippen molar-refractivity contribution in [1.29, 1.82) is 0 Å². The maximum Gasteiger partial charge on any atom is 0.143 e. The van der Waals surface area contributed by atoms with Crippen LogP contribution in [-0.2, 0) is 0 Å². The SMILES string of the molecule is c1ccc(-c2cccc3c2oc2ccc(-c4ccc(N(c5ccc(-c6cccc7c6sc6ccccc67)cc5)c5ccc6c(c5)c5ccccc5n6-c5ccccc5)cc4)cc23)cc1. The molecular weight excluding hydrogens is 797 g/mol. The van der Waals surface area contributed by atoms with E-state index in [4.69, 9.17) is 4.42 Å². The molecule has 3 heterocycles.